The van der Waals surface area contributed by atoms with Gasteiger partial charge in [-0.15, -0.1) is 0 Å². The van der Waals surface area contributed by atoms with Crippen molar-refractivity contribution in [2.24, 2.45) is 11.8 Å². The van der Waals surface area contributed by atoms with Gasteiger partial charge in [-0.05, 0) is 24.3 Å². The van der Waals surface area contributed by atoms with E-state index >= 15 is 0 Å². The van der Waals surface area contributed by atoms with Gasteiger partial charge in [0.1, 0.15) is 0 Å². The highest BCUT2D eigenvalue weighted by Crippen LogP contribution is 2.27. The summed E-state index contributed by atoms with van der Waals surface area (Å²) in [5.74, 6) is 4.02. The zero-order chi connectivity index (χ0) is 18.0. The maximum absolute atomic E-state index is 12.6. The Morgan fingerprint density at radius 1 is 1.20 bits per heavy atom. The lowest BCUT2D eigenvalue weighted by Crippen LogP contribution is -2.40. The third-order valence-corrected chi connectivity index (χ3v) is 6.31. The van der Waals surface area contributed by atoms with E-state index in [1.165, 1.54) is 21.3 Å². The average molecular weight is 368 g/mol. The van der Waals surface area contributed by atoms with Crippen molar-refractivity contribution >= 4 is 27.5 Å². The molecule has 9 nitrogen and oxygen atoms in total. The van der Waals surface area contributed by atoms with Crippen LogP contribution in [0.25, 0.3) is 0 Å². The lowest BCUT2D eigenvalue weighted by atomic mass is 10.1. The van der Waals surface area contributed by atoms with Crippen LogP contribution < -0.4 is 16.2 Å². The van der Waals surface area contributed by atoms with Gasteiger partial charge in [0.25, 0.3) is 0 Å². The fraction of sp³-hybridized carbons (Fsp3) is 0.467. The fourth-order valence-electron chi connectivity index (χ4n) is 2.98. The molecule has 136 valence electrons. The van der Waals surface area contributed by atoms with Crippen LogP contribution in [0.4, 0.5) is 5.69 Å². The molecule has 2 fully saturated rings. The van der Waals surface area contributed by atoms with Gasteiger partial charge in [-0.2, -0.15) is 4.31 Å². The first-order valence-electron chi connectivity index (χ1n) is 7.92. The molecule has 1 aromatic rings. The number of nitrogens with zero attached hydrogens (tertiary/aromatic N) is 2. The van der Waals surface area contributed by atoms with Gasteiger partial charge in [-0.25, -0.2) is 14.3 Å². The molecular formula is C15H20N4O5S. The number of ether oxygens (including phenoxy) is 1. The number of hydrazine groups is 1. The maximum Gasteiger partial charge on any atom is 0.243 e. The molecule has 2 amide bonds. The number of morpholine rings is 1. The Morgan fingerprint density at radius 3 is 2.44 bits per heavy atom. The summed E-state index contributed by atoms with van der Waals surface area (Å²) < 4.78 is 31.7. The minimum atomic E-state index is -3.57. The van der Waals surface area contributed by atoms with Gasteiger partial charge in [-0.3, -0.25) is 15.0 Å². The highest BCUT2D eigenvalue weighted by atomic mass is 32.2. The Balaban J connectivity index is 1.76. The van der Waals surface area contributed by atoms with Crippen molar-refractivity contribution < 1.29 is 22.7 Å². The molecule has 25 heavy (non-hydrogen) atoms. The normalized spacial score (nSPS) is 22.2. The zero-order valence-electron chi connectivity index (χ0n) is 13.6. The SMILES string of the molecule is NNC(=O)C1CC(=O)N(c2ccc(S(=O)(=O)N3CCOCC3)cc2)C1. The molecule has 1 unspecified atom stereocenters. The fourth-order valence-corrected chi connectivity index (χ4v) is 4.39. The summed E-state index contributed by atoms with van der Waals surface area (Å²) in [5.41, 5.74) is 2.61. The minimum Gasteiger partial charge on any atom is -0.379 e. The largest absolute Gasteiger partial charge is 0.379 e. The number of carbonyl (C=O) groups is 2. The van der Waals surface area contributed by atoms with Gasteiger partial charge in [-0.1, -0.05) is 0 Å². The molecule has 0 aromatic heterocycles. The van der Waals surface area contributed by atoms with Crippen LogP contribution in [0.2, 0.25) is 0 Å². The molecule has 2 saturated heterocycles. The molecule has 0 aliphatic carbocycles. The predicted molar refractivity (Wildman–Crippen MR) is 88.8 cm³/mol. The average Bonchev–Trinajstić information content (AvgIpc) is 3.03. The Labute approximate surface area is 145 Å². The Morgan fingerprint density at radius 2 is 1.84 bits per heavy atom. The molecule has 10 heteroatoms. The second kappa shape index (κ2) is 7.08. The summed E-state index contributed by atoms with van der Waals surface area (Å²) in [4.78, 5) is 25.3. The number of anilines is 1. The van der Waals surface area contributed by atoms with E-state index in [1.807, 2.05) is 0 Å². The monoisotopic (exact) mass is 368 g/mol. The number of hydrogen-bond acceptors (Lipinski definition) is 6. The molecule has 1 aromatic carbocycles. The van der Waals surface area contributed by atoms with Crippen molar-refractivity contribution in [3.63, 3.8) is 0 Å². The molecule has 2 aliphatic rings. The van der Waals surface area contributed by atoms with Gasteiger partial charge in [0.05, 0.1) is 24.0 Å². The van der Waals surface area contributed by atoms with Crippen LogP contribution >= 0.6 is 0 Å². The zero-order valence-corrected chi connectivity index (χ0v) is 14.4. The van der Waals surface area contributed by atoms with Crippen molar-refractivity contribution in [2.75, 3.05) is 37.7 Å². The smallest absolute Gasteiger partial charge is 0.243 e. The number of sulfonamides is 1. The van der Waals surface area contributed by atoms with Crippen molar-refractivity contribution in [1.29, 1.82) is 0 Å². The van der Waals surface area contributed by atoms with Crippen LogP contribution in [-0.2, 0) is 24.3 Å². The highest BCUT2D eigenvalue weighted by Gasteiger charge is 2.35. The summed E-state index contributed by atoms with van der Waals surface area (Å²) >= 11 is 0. The number of nitrogens with one attached hydrogen (secondary N) is 1. The van der Waals surface area contributed by atoms with Gasteiger partial charge < -0.3 is 9.64 Å². The first-order valence-corrected chi connectivity index (χ1v) is 9.36. The molecule has 0 spiro atoms. The number of benzene rings is 1. The van der Waals surface area contributed by atoms with Crippen LogP contribution in [-0.4, -0.2) is 57.4 Å². The minimum absolute atomic E-state index is 0.0802. The Kier molecular flexibility index (Phi) is 5.04. The van der Waals surface area contributed by atoms with Gasteiger partial charge in [0.15, 0.2) is 0 Å². The molecule has 3 rings (SSSR count). The number of nitrogens with two attached hydrogens (primary N) is 1. The Bertz CT molecular complexity index is 759. The van der Waals surface area contributed by atoms with E-state index in [0.29, 0.717) is 32.0 Å². The van der Waals surface area contributed by atoms with Gasteiger partial charge in [0, 0.05) is 31.7 Å². The lowest BCUT2D eigenvalue weighted by molar-refractivity contribution is -0.126. The van der Waals surface area contributed by atoms with E-state index in [-0.39, 0.29) is 29.7 Å². The van der Waals surface area contributed by atoms with Crippen LogP contribution in [0.5, 0.6) is 0 Å². The van der Waals surface area contributed by atoms with Crippen molar-refractivity contribution in [3.05, 3.63) is 24.3 Å². The molecule has 0 saturated carbocycles. The second-order valence-electron chi connectivity index (χ2n) is 5.92. The molecule has 2 heterocycles. The van der Waals surface area contributed by atoms with Crippen molar-refractivity contribution in [2.45, 2.75) is 11.3 Å². The first kappa shape index (κ1) is 17.8. The summed E-state index contributed by atoms with van der Waals surface area (Å²) in [5, 5.41) is 0. The number of amides is 2. The standard InChI is InChI=1S/C15H20N4O5S/c16-17-15(21)11-9-14(20)19(10-11)12-1-3-13(4-2-12)25(22,23)18-5-7-24-8-6-18/h1-4,11H,5-10,16H2,(H,17,21). The van der Waals surface area contributed by atoms with E-state index in [4.69, 9.17) is 10.6 Å². The summed E-state index contributed by atoms with van der Waals surface area (Å²) in [6.07, 6.45) is 0.0802. The van der Waals surface area contributed by atoms with E-state index in [9.17, 15) is 18.0 Å². The topological polar surface area (TPSA) is 122 Å². The molecular weight excluding hydrogens is 348 g/mol. The van der Waals surface area contributed by atoms with E-state index in [0.717, 1.165) is 0 Å². The van der Waals surface area contributed by atoms with Gasteiger partial charge >= 0.3 is 0 Å². The van der Waals surface area contributed by atoms with Crippen LogP contribution in [0.3, 0.4) is 0 Å². The van der Waals surface area contributed by atoms with Crippen LogP contribution in [0.15, 0.2) is 29.2 Å². The second-order valence-corrected chi connectivity index (χ2v) is 7.86. The molecule has 2 aliphatic heterocycles. The molecule has 0 radical (unpaired) electrons. The lowest BCUT2D eigenvalue weighted by Gasteiger charge is -2.26. The Hall–Kier alpha value is -2.01. The number of hydrogen-bond donors (Lipinski definition) is 2. The van der Waals surface area contributed by atoms with Crippen LogP contribution in [0, 0.1) is 5.92 Å². The van der Waals surface area contributed by atoms with Gasteiger partial charge in [0.2, 0.25) is 21.8 Å². The molecule has 3 N–H and O–H groups in total. The van der Waals surface area contributed by atoms with Crippen molar-refractivity contribution in [3.8, 4) is 0 Å². The molecule has 0 bridgehead atoms. The molecule has 1 atom stereocenters. The third kappa shape index (κ3) is 3.52. The van der Waals surface area contributed by atoms with E-state index < -0.39 is 15.9 Å². The van der Waals surface area contributed by atoms with Crippen LogP contribution in [0.1, 0.15) is 6.42 Å². The predicted octanol–water partition coefficient (Wildman–Crippen LogP) is -0.950. The van der Waals surface area contributed by atoms with Crippen molar-refractivity contribution in [1.82, 2.24) is 9.73 Å². The maximum atomic E-state index is 12.6. The van der Waals surface area contributed by atoms with E-state index in [1.54, 1.807) is 12.1 Å². The number of rotatable bonds is 4. The van der Waals surface area contributed by atoms with E-state index in [2.05, 4.69) is 5.43 Å². The number of carbonyl (C=O) groups excluding carboxylic acids is 2. The highest BCUT2D eigenvalue weighted by molar-refractivity contribution is 7.89. The summed E-state index contributed by atoms with van der Waals surface area (Å²) in [7, 11) is -3.57. The summed E-state index contributed by atoms with van der Waals surface area (Å²) in [6.45, 7) is 1.63. The summed E-state index contributed by atoms with van der Waals surface area (Å²) in [6, 6.07) is 6.11. The quantitative estimate of drug-likeness (QED) is 0.401. The first-order chi connectivity index (χ1) is 11.9. The third-order valence-electron chi connectivity index (χ3n) is 4.39.